The van der Waals surface area contributed by atoms with E-state index in [-0.39, 0.29) is 24.2 Å². The highest BCUT2D eigenvalue weighted by molar-refractivity contribution is 5.86. The number of hydrogen-bond acceptors (Lipinski definition) is 10. The smallest absolute Gasteiger partial charge is 0.333 e. The first-order chi connectivity index (χ1) is 16.3. The Morgan fingerprint density at radius 2 is 1.94 bits per heavy atom. The summed E-state index contributed by atoms with van der Waals surface area (Å²) < 4.78 is 35.9. The highest BCUT2D eigenvalue weighted by Gasteiger charge is 2.88. The Hall–Kier alpha value is -2.01. The summed E-state index contributed by atoms with van der Waals surface area (Å²) in [6, 6.07) is 0. The Morgan fingerprint density at radius 1 is 1.23 bits per heavy atom. The number of methoxy groups -OCH3 is 1. The highest BCUT2D eigenvalue weighted by Crippen LogP contribution is 2.78. The van der Waals surface area contributed by atoms with Gasteiger partial charge in [0.25, 0.3) is 0 Å². The average Bonchev–Trinajstić information content (AvgIpc) is 3.20. The largest absolute Gasteiger partial charge is 0.465 e. The molecular weight excluding hydrogens is 460 g/mol. The van der Waals surface area contributed by atoms with Crippen LogP contribution in [0, 0.1) is 16.7 Å². The minimum Gasteiger partial charge on any atom is -0.465 e. The summed E-state index contributed by atoms with van der Waals surface area (Å²) in [6.45, 7) is 8.75. The van der Waals surface area contributed by atoms with Crippen molar-refractivity contribution in [1.29, 1.82) is 0 Å². The molecule has 10 nitrogen and oxygen atoms in total. The molecule has 2 saturated carbocycles. The third-order valence-electron chi connectivity index (χ3n) is 9.72. The molecule has 0 aromatic carbocycles. The zero-order valence-corrected chi connectivity index (χ0v) is 21.0. The van der Waals surface area contributed by atoms with Gasteiger partial charge in [0.1, 0.15) is 23.7 Å². The molecule has 3 aliphatic heterocycles. The summed E-state index contributed by atoms with van der Waals surface area (Å²) in [7, 11) is 1.47. The fraction of sp³-hybridized carbons (Fsp3) is 0.800. The molecule has 10 heteroatoms. The minimum absolute atomic E-state index is 0.0241. The van der Waals surface area contributed by atoms with Gasteiger partial charge in [0.05, 0.1) is 17.3 Å². The summed E-state index contributed by atoms with van der Waals surface area (Å²) in [6.07, 6.45) is 0.953. The molecule has 35 heavy (non-hydrogen) atoms. The van der Waals surface area contributed by atoms with Crippen LogP contribution in [0.15, 0.2) is 11.6 Å². The zero-order chi connectivity index (χ0) is 25.6. The number of hydrogen-bond donors (Lipinski definition) is 1. The van der Waals surface area contributed by atoms with Crippen molar-refractivity contribution in [2.45, 2.75) is 95.8 Å². The molecule has 3 heterocycles. The Morgan fingerprint density at radius 3 is 2.51 bits per heavy atom. The highest BCUT2D eigenvalue weighted by atomic mass is 16.7. The Kier molecular flexibility index (Phi) is 5.29. The van der Waals surface area contributed by atoms with E-state index in [1.807, 2.05) is 6.92 Å². The molecule has 5 aliphatic rings. The van der Waals surface area contributed by atoms with Crippen molar-refractivity contribution in [1.82, 2.24) is 0 Å². The van der Waals surface area contributed by atoms with Gasteiger partial charge in [-0.15, -0.1) is 0 Å². The first-order valence-corrected chi connectivity index (χ1v) is 12.2. The molecule has 0 aromatic heterocycles. The molecule has 194 valence electrons. The van der Waals surface area contributed by atoms with Crippen LogP contribution in [-0.2, 0) is 42.8 Å². The van der Waals surface area contributed by atoms with E-state index in [2.05, 4.69) is 13.8 Å². The number of cyclic esters (lactones) is 1. The van der Waals surface area contributed by atoms with Crippen molar-refractivity contribution in [3.63, 3.8) is 0 Å². The average molecular weight is 495 g/mol. The van der Waals surface area contributed by atoms with Crippen LogP contribution in [0.4, 0.5) is 0 Å². The van der Waals surface area contributed by atoms with Gasteiger partial charge in [-0.2, -0.15) is 0 Å². The van der Waals surface area contributed by atoms with Crippen molar-refractivity contribution in [2.24, 2.45) is 16.7 Å². The minimum atomic E-state index is -1.51. The molecule has 5 rings (SSSR count). The van der Waals surface area contributed by atoms with Crippen molar-refractivity contribution < 1.29 is 47.9 Å². The van der Waals surface area contributed by atoms with E-state index in [9.17, 15) is 19.5 Å². The molecular formula is C25H34O10. The zero-order valence-electron chi connectivity index (χ0n) is 21.0. The fourth-order valence-corrected chi connectivity index (χ4v) is 7.89. The molecule has 1 N–H and O–H groups in total. The van der Waals surface area contributed by atoms with E-state index < -0.39 is 58.1 Å². The van der Waals surface area contributed by atoms with Gasteiger partial charge in [0.2, 0.25) is 6.29 Å². The van der Waals surface area contributed by atoms with Gasteiger partial charge in [-0.1, -0.05) is 13.8 Å². The third-order valence-corrected chi connectivity index (χ3v) is 9.72. The number of carbonyl (C=O) groups excluding carboxylic acids is 3. The van der Waals surface area contributed by atoms with Gasteiger partial charge in [0, 0.05) is 38.9 Å². The third kappa shape index (κ3) is 2.94. The van der Waals surface area contributed by atoms with Crippen LogP contribution >= 0.6 is 0 Å². The molecule has 2 saturated heterocycles. The Labute approximate surface area is 204 Å². The predicted octanol–water partition coefficient (Wildman–Crippen LogP) is 1.77. The normalized spacial score (nSPS) is 49.8. The van der Waals surface area contributed by atoms with Crippen molar-refractivity contribution >= 4 is 17.9 Å². The number of esters is 3. The van der Waals surface area contributed by atoms with E-state index in [1.54, 1.807) is 0 Å². The van der Waals surface area contributed by atoms with Crippen LogP contribution in [0.3, 0.4) is 0 Å². The van der Waals surface area contributed by atoms with E-state index in [1.165, 1.54) is 27.0 Å². The number of rotatable bonds is 5. The molecule has 0 radical (unpaired) electrons. The van der Waals surface area contributed by atoms with E-state index in [4.69, 9.17) is 28.4 Å². The topological polar surface area (TPSA) is 130 Å². The predicted molar refractivity (Wildman–Crippen MR) is 117 cm³/mol. The van der Waals surface area contributed by atoms with Crippen molar-refractivity contribution in [2.75, 3.05) is 13.7 Å². The first kappa shape index (κ1) is 24.7. The second-order valence-corrected chi connectivity index (χ2v) is 11.1. The van der Waals surface area contributed by atoms with Gasteiger partial charge < -0.3 is 33.5 Å². The van der Waals surface area contributed by atoms with Crippen molar-refractivity contribution in [3.05, 3.63) is 11.6 Å². The van der Waals surface area contributed by atoms with Gasteiger partial charge >= 0.3 is 17.9 Å². The van der Waals surface area contributed by atoms with Crippen LogP contribution < -0.4 is 0 Å². The molecule has 2 aliphatic carbocycles. The Balaban J connectivity index is 1.74. The van der Waals surface area contributed by atoms with Gasteiger partial charge in [0.15, 0.2) is 5.79 Å². The van der Waals surface area contributed by atoms with Crippen LogP contribution in [0.25, 0.3) is 0 Å². The molecule has 4 fully saturated rings. The first-order valence-electron chi connectivity index (χ1n) is 12.2. The van der Waals surface area contributed by atoms with E-state index in [0.29, 0.717) is 25.7 Å². The lowest BCUT2D eigenvalue weighted by Crippen LogP contribution is -2.76. The maximum absolute atomic E-state index is 12.3. The summed E-state index contributed by atoms with van der Waals surface area (Å²) in [5, 5.41) is 10.6. The monoisotopic (exact) mass is 494 g/mol. The van der Waals surface area contributed by atoms with E-state index in [0.717, 1.165) is 0 Å². The van der Waals surface area contributed by atoms with Gasteiger partial charge in [-0.3, -0.25) is 9.59 Å². The summed E-state index contributed by atoms with van der Waals surface area (Å²) in [5.41, 5.74) is -3.29. The van der Waals surface area contributed by atoms with Crippen LogP contribution in [0.5, 0.6) is 0 Å². The number of fused-ring (bicyclic) bond motifs is 2. The molecule has 1 spiro atoms. The summed E-state index contributed by atoms with van der Waals surface area (Å²) >= 11 is 0. The van der Waals surface area contributed by atoms with Crippen LogP contribution in [-0.4, -0.2) is 72.2 Å². The quantitative estimate of drug-likeness (QED) is 0.343. The standard InChI is InChI=1S/C25H34O10/c1-13-9-18(32-15(3)27)23(12-31-14(2)26)22(5)17(34-22)7-8-25(23)21(13,4)11-24(30-6,35-25)16-10-19(28)33-20(16)29/h10,13,17-18,20,29H,7-9,11-12H2,1-6H3/t13-,17-,18+,20?,21+,22-,23-,24+,25?/m0/s1. The number of aliphatic hydroxyl groups excluding tert-OH is 1. The summed E-state index contributed by atoms with van der Waals surface area (Å²) in [4.78, 5) is 36.4. The molecule has 0 aromatic rings. The second kappa shape index (κ2) is 7.50. The van der Waals surface area contributed by atoms with Gasteiger partial charge in [-0.25, -0.2) is 4.79 Å². The SMILES string of the molecule is CO[C@]1(C2=CC(=O)OC2O)C[C@]2(C)[C@@H](C)C[C@@H](OC(C)=O)[C@]3(COC(C)=O)C2(CC[C@@H]2O[C@@]23C)O1. The number of aliphatic hydroxyl groups is 1. The lowest BCUT2D eigenvalue weighted by atomic mass is 9.41. The molecule has 0 bridgehead atoms. The van der Waals surface area contributed by atoms with Crippen molar-refractivity contribution in [3.8, 4) is 0 Å². The lowest BCUT2D eigenvalue weighted by molar-refractivity contribution is -0.322. The fourth-order valence-electron chi connectivity index (χ4n) is 7.89. The lowest BCUT2D eigenvalue weighted by Gasteiger charge is -2.65. The maximum atomic E-state index is 12.3. The maximum Gasteiger partial charge on any atom is 0.333 e. The summed E-state index contributed by atoms with van der Waals surface area (Å²) in [5.74, 6) is -3.09. The van der Waals surface area contributed by atoms with Crippen LogP contribution in [0.2, 0.25) is 0 Å². The second-order valence-electron chi connectivity index (χ2n) is 11.1. The molecule has 9 atom stereocenters. The number of ether oxygens (including phenoxy) is 6. The number of carbonyl (C=O) groups is 3. The number of epoxide rings is 1. The molecule has 0 amide bonds. The van der Waals surface area contributed by atoms with Gasteiger partial charge in [-0.05, 0) is 32.1 Å². The van der Waals surface area contributed by atoms with Crippen LogP contribution in [0.1, 0.15) is 60.3 Å². The Bertz CT molecular complexity index is 1010. The van der Waals surface area contributed by atoms with E-state index >= 15 is 0 Å². The molecule has 2 unspecified atom stereocenters.